The molecule has 1 rings (SSSR count). The number of ether oxygens (including phenoxy) is 1. The molecule has 0 radical (unpaired) electrons. The second kappa shape index (κ2) is 8.43. The number of nitrogens with zero attached hydrogens (tertiary/aromatic N) is 1. The van der Waals surface area contributed by atoms with Crippen molar-refractivity contribution < 1.29 is 9.53 Å². The van der Waals surface area contributed by atoms with Crippen LogP contribution in [0.4, 0.5) is 5.69 Å². The molecule has 0 bridgehead atoms. The van der Waals surface area contributed by atoms with Crippen LogP contribution in [0.15, 0.2) is 24.3 Å². The highest BCUT2D eigenvalue weighted by Gasteiger charge is 2.21. The number of amides is 1. The number of carbonyl (C=O) groups excluding carboxylic acids is 1. The predicted molar refractivity (Wildman–Crippen MR) is 82.2 cm³/mol. The van der Waals surface area contributed by atoms with Gasteiger partial charge < -0.3 is 20.7 Å². The van der Waals surface area contributed by atoms with Gasteiger partial charge >= 0.3 is 0 Å². The van der Waals surface area contributed by atoms with Crippen LogP contribution in [0.2, 0.25) is 0 Å². The van der Waals surface area contributed by atoms with Gasteiger partial charge in [0.1, 0.15) is 11.8 Å². The maximum Gasteiger partial charge on any atom is 0.242 e. The molecule has 0 aromatic heterocycles. The van der Waals surface area contributed by atoms with E-state index in [1.165, 1.54) is 0 Å². The Morgan fingerprint density at radius 2 is 2.25 bits per heavy atom. The molecule has 5 heteroatoms. The summed E-state index contributed by atoms with van der Waals surface area (Å²) in [5.41, 5.74) is 6.56. The van der Waals surface area contributed by atoms with Gasteiger partial charge in [-0.25, -0.2) is 0 Å². The molecule has 0 saturated heterocycles. The first-order valence-electron chi connectivity index (χ1n) is 7.02. The number of nitrogens with one attached hydrogen (secondary N) is 1. The first kappa shape index (κ1) is 16.3. The third-order valence-electron chi connectivity index (χ3n) is 3.19. The molecule has 0 aliphatic rings. The summed E-state index contributed by atoms with van der Waals surface area (Å²) < 4.78 is 5.25. The van der Waals surface area contributed by atoms with E-state index in [2.05, 4.69) is 10.2 Å². The summed E-state index contributed by atoms with van der Waals surface area (Å²) in [7, 11) is 1.64. The van der Waals surface area contributed by atoms with E-state index >= 15 is 0 Å². The zero-order valence-corrected chi connectivity index (χ0v) is 12.6. The minimum atomic E-state index is -0.242. The number of nitrogens with two attached hydrogens (primary N) is 1. The van der Waals surface area contributed by atoms with Crippen molar-refractivity contribution in [3.8, 4) is 5.75 Å². The van der Waals surface area contributed by atoms with Crippen molar-refractivity contribution in [2.24, 2.45) is 5.73 Å². The Labute approximate surface area is 121 Å². The molecule has 20 heavy (non-hydrogen) atoms. The van der Waals surface area contributed by atoms with Gasteiger partial charge in [-0.2, -0.15) is 0 Å². The Hall–Kier alpha value is -1.75. The van der Waals surface area contributed by atoms with Gasteiger partial charge in [0.25, 0.3) is 0 Å². The number of anilines is 1. The third kappa shape index (κ3) is 4.42. The number of benzene rings is 1. The van der Waals surface area contributed by atoms with Gasteiger partial charge in [0.05, 0.1) is 7.11 Å². The van der Waals surface area contributed by atoms with Crippen LogP contribution in [0.1, 0.15) is 20.3 Å². The second-order valence-corrected chi connectivity index (χ2v) is 4.61. The minimum Gasteiger partial charge on any atom is -0.497 e. The predicted octanol–water partition coefficient (Wildman–Crippen LogP) is 1.38. The van der Waals surface area contributed by atoms with Gasteiger partial charge in [0, 0.05) is 24.8 Å². The summed E-state index contributed by atoms with van der Waals surface area (Å²) in [6, 6.07) is 7.49. The van der Waals surface area contributed by atoms with E-state index in [-0.39, 0.29) is 11.9 Å². The number of carbonyl (C=O) groups is 1. The molecule has 112 valence electrons. The van der Waals surface area contributed by atoms with E-state index in [0.717, 1.165) is 24.4 Å². The van der Waals surface area contributed by atoms with E-state index in [1.807, 2.05) is 38.1 Å². The summed E-state index contributed by atoms with van der Waals surface area (Å²) in [5.74, 6) is 0.802. The molecule has 0 spiro atoms. The van der Waals surface area contributed by atoms with Crippen molar-refractivity contribution in [2.45, 2.75) is 26.3 Å². The van der Waals surface area contributed by atoms with Gasteiger partial charge in [0.2, 0.25) is 5.91 Å². The monoisotopic (exact) mass is 279 g/mol. The number of likely N-dealkylation sites (N-methyl/N-ethyl adjacent to an activating group) is 1. The maximum absolute atomic E-state index is 12.1. The Morgan fingerprint density at radius 1 is 1.50 bits per heavy atom. The largest absolute Gasteiger partial charge is 0.497 e. The Bertz CT molecular complexity index is 423. The van der Waals surface area contributed by atoms with Crippen molar-refractivity contribution in [3.63, 3.8) is 0 Å². The molecule has 1 aromatic rings. The van der Waals surface area contributed by atoms with Crippen molar-refractivity contribution in [2.75, 3.05) is 31.6 Å². The number of hydrogen-bond acceptors (Lipinski definition) is 4. The van der Waals surface area contributed by atoms with Gasteiger partial charge in [-0.1, -0.05) is 6.07 Å². The summed E-state index contributed by atoms with van der Waals surface area (Å²) in [5, 5.41) is 2.86. The zero-order chi connectivity index (χ0) is 15.0. The summed E-state index contributed by atoms with van der Waals surface area (Å²) >= 11 is 0. The highest BCUT2D eigenvalue weighted by atomic mass is 16.5. The lowest BCUT2D eigenvalue weighted by Gasteiger charge is -2.30. The van der Waals surface area contributed by atoms with Gasteiger partial charge in [-0.05, 0) is 38.9 Å². The molecule has 1 unspecified atom stereocenters. The molecule has 0 aliphatic carbocycles. The van der Waals surface area contributed by atoms with Crippen LogP contribution in [0, 0.1) is 0 Å². The molecule has 1 atom stereocenters. The lowest BCUT2D eigenvalue weighted by Crippen LogP contribution is -2.46. The standard InChI is InChI=1S/C15H25N3O2/c1-4-17-15(19)12(2)18(10-6-9-16)13-7-5-8-14(11-13)20-3/h5,7-8,11-12H,4,6,9-10,16H2,1-3H3,(H,17,19). The smallest absolute Gasteiger partial charge is 0.242 e. The van der Waals surface area contributed by atoms with Crippen LogP contribution in [0.25, 0.3) is 0 Å². The van der Waals surface area contributed by atoms with Crippen molar-refractivity contribution in [3.05, 3.63) is 24.3 Å². The van der Waals surface area contributed by atoms with Crippen molar-refractivity contribution >= 4 is 11.6 Å². The van der Waals surface area contributed by atoms with Crippen LogP contribution < -0.4 is 20.7 Å². The zero-order valence-electron chi connectivity index (χ0n) is 12.6. The third-order valence-corrected chi connectivity index (χ3v) is 3.19. The summed E-state index contributed by atoms with van der Waals surface area (Å²) in [6.45, 7) is 5.79. The van der Waals surface area contributed by atoms with Crippen LogP contribution in [0.3, 0.4) is 0 Å². The van der Waals surface area contributed by atoms with Crippen molar-refractivity contribution in [1.29, 1.82) is 0 Å². The molecular formula is C15H25N3O2. The average Bonchev–Trinajstić information content (AvgIpc) is 2.48. The average molecular weight is 279 g/mol. The molecule has 0 heterocycles. The molecule has 1 aromatic carbocycles. The first-order chi connectivity index (χ1) is 9.63. The Morgan fingerprint density at radius 3 is 2.85 bits per heavy atom. The fourth-order valence-corrected chi connectivity index (χ4v) is 2.06. The second-order valence-electron chi connectivity index (χ2n) is 4.61. The Balaban J connectivity index is 2.94. The lowest BCUT2D eigenvalue weighted by atomic mass is 10.2. The lowest BCUT2D eigenvalue weighted by molar-refractivity contribution is -0.121. The topological polar surface area (TPSA) is 67.6 Å². The fourth-order valence-electron chi connectivity index (χ4n) is 2.06. The van der Waals surface area contributed by atoms with Gasteiger partial charge in [-0.3, -0.25) is 4.79 Å². The highest BCUT2D eigenvalue weighted by Crippen LogP contribution is 2.23. The number of hydrogen-bond donors (Lipinski definition) is 2. The fraction of sp³-hybridized carbons (Fsp3) is 0.533. The van der Waals surface area contributed by atoms with Crippen LogP contribution in [-0.4, -0.2) is 38.7 Å². The molecule has 5 nitrogen and oxygen atoms in total. The molecule has 0 fully saturated rings. The molecule has 0 saturated carbocycles. The SMILES string of the molecule is CCNC(=O)C(C)N(CCCN)c1cccc(OC)c1. The molecular weight excluding hydrogens is 254 g/mol. The van der Waals surface area contributed by atoms with Crippen LogP contribution in [0.5, 0.6) is 5.75 Å². The number of rotatable bonds is 8. The Kier molecular flexibility index (Phi) is 6.87. The van der Waals surface area contributed by atoms with E-state index in [1.54, 1.807) is 7.11 Å². The van der Waals surface area contributed by atoms with E-state index in [4.69, 9.17) is 10.5 Å². The summed E-state index contributed by atoms with van der Waals surface area (Å²) in [4.78, 5) is 14.1. The number of methoxy groups -OCH3 is 1. The van der Waals surface area contributed by atoms with E-state index < -0.39 is 0 Å². The maximum atomic E-state index is 12.1. The van der Waals surface area contributed by atoms with Crippen LogP contribution >= 0.6 is 0 Å². The quantitative estimate of drug-likeness (QED) is 0.754. The molecule has 1 amide bonds. The first-order valence-corrected chi connectivity index (χ1v) is 7.02. The van der Waals surface area contributed by atoms with Crippen molar-refractivity contribution in [1.82, 2.24) is 5.32 Å². The van der Waals surface area contributed by atoms with E-state index in [9.17, 15) is 4.79 Å². The highest BCUT2D eigenvalue weighted by molar-refractivity contribution is 5.84. The minimum absolute atomic E-state index is 0.0207. The molecule has 3 N–H and O–H groups in total. The van der Waals surface area contributed by atoms with Gasteiger partial charge in [-0.15, -0.1) is 0 Å². The van der Waals surface area contributed by atoms with Gasteiger partial charge in [0.15, 0.2) is 0 Å². The summed E-state index contributed by atoms with van der Waals surface area (Å²) in [6.07, 6.45) is 0.834. The van der Waals surface area contributed by atoms with E-state index in [0.29, 0.717) is 13.1 Å². The van der Waals surface area contributed by atoms with Crippen LogP contribution in [-0.2, 0) is 4.79 Å². The molecule has 0 aliphatic heterocycles. The normalized spacial score (nSPS) is 11.8.